The number of benzene rings is 1. The molecule has 2 heteroatoms. The van der Waals surface area contributed by atoms with Crippen molar-refractivity contribution in [3.05, 3.63) is 34.4 Å². The van der Waals surface area contributed by atoms with Crippen molar-refractivity contribution in [1.29, 1.82) is 0 Å². The molecule has 1 aromatic carbocycles. The molecule has 1 aliphatic rings. The molecule has 0 aliphatic carbocycles. The summed E-state index contributed by atoms with van der Waals surface area (Å²) in [6.45, 7) is 9.49. The summed E-state index contributed by atoms with van der Waals surface area (Å²) >= 11 is 6.65. The summed E-state index contributed by atoms with van der Waals surface area (Å²) in [4.78, 5) is 0. The minimum absolute atomic E-state index is 0.0203. The van der Waals surface area contributed by atoms with Gasteiger partial charge in [-0.05, 0) is 49.8 Å². The van der Waals surface area contributed by atoms with Gasteiger partial charge in [0.25, 0.3) is 0 Å². The van der Waals surface area contributed by atoms with E-state index < -0.39 is 0 Å². The number of halogens is 1. The van der Waals surface area contributed by atoms with Gasteiger partial charge in [0.05, 0.1) is 11.5 Å². The molecule has 3 atom stereocenters. The highest BCUT2D eigenvalue weighted by Crippen LogP contribution is 2.38. The highest BCUT2D eigenvalue weighted by Gasteiger charge is 2.33. The predicted octanol–water partition coefficient (Wildman–Crippen LogP) is 4.32. The van der Waals surface area contributed by atoms with Gasteiger partial charge in [-0.3, -0.25) is 0 Å². The average Bonchev–Trinajstić information content (AvgIpc) is 2.62. The molecule has 0 radical (unpaired) electrons. The fourth-order valence-electron chi connectivity index (χ4n) is 2.88. The van der Waals surface area contributed by atoms with E-state index in [2.05, 4.69) is 39.8 Å². The Morgan fingerprint density at radius 2 is 1.82 bits per heavy atom. The van der Waals surface area contributed by atoms with E-state index in [1.165, 1.54) is 22.3 Å². The minimum atomic E-state index is -0.0203. The van der Waals surface area contributed by atoms with Crippen LogP contribution in [0.25, 0.3) is 0 Å². The molecule has 94 valence electrons. The van der Waals surface area contributed by atoms with Crippen molar-refractivity contribution in [1.82, 2.24) is 0 Å². The lowest BCUT2D eigenvalue weighted by molar-refractivity contribution is 0.0901. The molecule has 1 saturated heterocycles. The van der Waals surface area contributed by atoms with Gasteiger partial charge in [-0.2, -0.15) is 0 Å². The third-order valence-electron chi connectivity index (χ3n) is 3.75. The predicted molar refractivity (Wildman–Crippen MR) is 72.8 cm³/mol. The molecule has 0 N–H and O–H groups in total. The monoisotopic (exact) mass is 252 g/mol. The third kappa shape index (κ3) is 2.51. The van der Waals surface area contributed by atoms with Crippen molar-refractivity contribution in [2.24, 2.45) is 5.92 Å². The van der Waals surface area contributed by atoms with E-state index in [0.29, 0.717) is 5.92 Å². The standard InChI is InChI=1S/C15H21ClO/c1-9-7-11(3)13(12(4)8-9)14(16)15-10(2)5-6-17-15/h7-8,10,14-15H,5-6H2,1-4H3. The third-order valence-corrected chi connectivity index (χ3v) is 4.21. The van der Waals surface area contributed by atoms with Gasteiger partial charge >= 0.3 is 0 Å². The zero-order valence-electron chi connectivity index (χ0n) is 11.1. The minimum Gasteiger partial charge on any atom is -0.376 e. The summed E-state index contributed by atoms with van der Waals surface area (Å²) in [5, 5.41) is -0.0203. The first-order chi connectivity index (χ1) is 8.00. The lowest BCUT2D eigenvalue weighted by atomic mass is 9.91. The Hall–Kier alpha value is -0.530. The van der Waals surface area contributed by atoms with Gasteiger partial charge in [-0.15, -0.1) is 11.6 Å². The van der Waals surface area contributed by atoms with Crippen LogP contribution in [0.2, 0.25) is 0 Å². The molecule has 0 aromatic heterocycles. The summed E-state index contributed by atoms with van der Waals surface area (Å²) in [6.07, 6.45) is 1.29. The van der Waals surface area contributed by atoms with Crippen LogP contribution in [0.3, 0.4) is 0 Å². The topological polar surface area (TPSA) is 9.23 Å². The molecular weight excluding hydrogens is 232 g/mol. The molecule has 0 amide bonds. The van der Waals surface area contributed by atoms with Gasteiger partial charge in [0, 0.05) is 6.61 Å². The molecule has 1 aliphatic heterocycles. The van der Waals surface area contributed by atoms with Crippen LogP contribution in [0.4, 0.5) is 0 Å². The fraction of sp³-hybridized carbons (Fsp3) is 0.600. The van der Waals surface area contributed by atoms with Gasteiger partial charge in [0.15, 0.2) is 0 Å². The van der Waals surface area contributed by atoms with Gasteiger partial charge < -0.3 is 4.74 Å². The number of hydrogen-bond donors (Lipinski definition) is 0. The van der Waals surface area contributed by atoms with Crippen molar-refractivity contribution in [2.75, 3.05) is 6.61 Å². The average molecular weight is 253 g/mol. The zero-order chi connectivity index (χ0) is 12.6. The fourth-order valence-corrected chi connectivity index (χ4v) is 3.55. The van der Waals surface area contributed by atoms with E-state index in [4.69, 9.17) is 16.3 Å². The van der Waals surface area contributed by atoms with Crippen molar-refractivity contribution in [3.63, 3.8) is 0 Å². The number of ether oxygens (including phenoxy) is 1. The molecule has 2 rings (SSSR count). The molecule has 3 unspecified atom stereocenters. The highest BCUT2D eigenvalue weighted by atomic mass is 35.5. The molecule has 1 fully saturated rings. The van der Waals surface area contributed by atoms with E-state index >= 15 is 0 Å². The van der Waals surface area contributed by atoms with E-state index in [1.54, 1.807) is 0 Å². The van der Waals surface area contributed by atoms with Crippen LogP contribution in [0, 0.1) is 26.7 Å². The maximum Gasteiger partial charge on any atom is 0.0855 e. The first-order valence-electron chi connectivity index (χ1n) is 6.34. The molecule has 0 bridgehead atoms. The lowest BCUT2D eigenvalue weighted by Gasteiger charge is -2.24. The van der Waals surface area contributed by atoms with Gasteiger partial charge in [-0.25, -0.2) is 0 Å². The smallest absolute Gasteiger partial charge is 0.0855 e. The van der Waals surface area contributed by atoms with Crippen molar-refractivity contribution < 1.29 is 4.74 Å². The van der Waals surface area contributed by atoms with E-state index in [1.807, 2.05) is 0 Å². The Morgan fingerprint density at radius 1 is 1.24 bits per heavy atom. The van der Waals surface area contributed by atoms with E-state index in [9.17, 15) is 0 Å². The summed E-state index contributed by atoms with van der Waals surface area (Å²) in [5.41, 5.74) is 5.12. The van der Waals surface area contributed by atoms with Crippen molar-refractivity contribution in [2.45, 2.75) is 45.6 Å². The van der Waals surface area contributed by atoms with Crippen LogP contribution in [0.15, 0.2) is 12.1 Å². The first-order valence-corrected chi connectivity index (χ1v) is 6.77. The van der Waals surface area contributed by atoms with Crippen molar-refractivity contribution in [3.8, 4) is 0 Å². The van der Waals surface area contributed by atoms with Gasteiger partial charge in [0.2, 0.25) is 0 Å². The molecule has 1 aromatic rings. The largest absolute Gasteiger partial charge is 0.376 e. The van der Waals surface area contributed by atoms with Crippen LogP contribution < -0.4 is 0 Å². The van der Waals surface area contributed by atoms with Crippen LogP contribution in [-0.2, 0) is 4.74 Å². The maximum absolute atomic E-state index is 6.65. The number of alkyl halides is 1. The Bertz CT molecular complexity index is 390. The first kappa shape index (κ1) is 12.9. The summed E-state index contributed by atoms with van der Waals surface area (Å²) in [7, 11) is 0. The molecule has 17 heavy (non-hydrogen) atoms. The summed E-state index contributed by atoms with van der Waals surface area (Å²) in [6, 6.07) is 4.41. The van der Waals surface area contributed by atoms with Crippen molar-refractivity contribution >= 4 is 11.6 Å². The van der Waals surface area contributed by atoms with Crippen LogP contribution >= 0.6 is 11.6 Å². The summed E-state index contributed by atoms with van der Waals surface area (Å²) in [5.74, 6) is 0.553. The Labute approximate surface area is 109 Å². The summed E-state index contributed by atoms with van der Waals surface area (Å²) < 4.78 is 5.79. The maximum atomic E-state index is 6.65. The molecule has 1 heterocycles. The second-order valence-electron chi connectivity index (χ2n) is 5.32. The van der Waals surface area contributed by atoms with Crippen LogP contribution in [0.1, 0.15) is 41.0 Å². The van der Waals surface area contributed by atoms with Gasteiger partial charge in [0.1, 0.15) is 0 Å². The molecule has 1 nitrogen and oxygen atoms in total. The lowest BCUT2D eigenvalue weighted by Crippen LogP contribution is -2.21. The molecular formula is C15H21ClO. The number of hydrogen-bond acceptors (Lipinski definition) is 1. The van der Waals surface area contributed by atoms with Gasteiger partial charge in [-0.1, -0.05) is 24.6 Å². The second kappa shape index (κ2) is 4.99. The Balaban J connectivity index is 2.33. The Morgan fingerprint density at radius 3 is 2.29 bits per heavy atom. The molecule has 0 saturated carbocycles. The quantitative estimate of drug-likeness (QED) is 0.713. The number of rotatable bonds is 2. The highest BCUT2D eigenvalue weighted by molar-refractivity contribution is 6.21. The van der Waals surface area contributed by atoms with E-state index in [0.717, 1.165) is 13.0 Å². The normalized spacial score (nSPS) is 26.2. The SMILES string of the molecule is Cc1cc(C)c(C(Cl)C2OCCC2C)c(C)c1. The van der Waals surface area contributed by atoms with E-state index in [-0.39, 0.29) is 11.5 Å². The zero-order valence-corrected chi connectivity index (χ0v) is 11.8. The van der Waals surface area contributed by atoms with Crippen LogP contribution in [-0.4, -0.2) is 12.7 Å². The second-order valence-corrected chi connectivity index (χ2v) is 5.79. The van der Waals surface area contributed by atoms with Crippen LogP contribution in [0.5, 0.6) is 0 Å². The Kier molecular flexibility index (Phi) is 3.79. The molecule has 0 spiro atoms. The number of aryl methyl sites for hydroxylation is 3.